The van der Waals surface area contributed by atoms with Crippen LogP contribution in [0.4, 0.5) is 0 Å². The summed E-state index contributed by atoms with van der Waals surface area (Å²) < 4.78 is 10.8. The van der Waals surface area contributed by atoms with Gasteiger partial charge in [0, 0.05) is 29.5 Å². The highest BCUT2D eigenvalue weighted by Gasteiger charge is 2.12. The number of aliphatic carboxylic acids is 1. The number of hydrogen-bond acceptors (Lipinski definition) is 6. The number of hydrogen-bond donors (Lipinski definition) is 1. The standard InChI is InChI=1S/C18H21NO6/c1-3-12-9-17(23)25-18-11(2)14(7-6-13(12)18)24-10-15(20)19-8-4-5-16(21)22/h6-7,9H,3-5,8,10H2,1-2H3,(H,19,20)(H,21,22)/p-1. The van der Waals surface area contributed by atoms with Crippen LogP contribution in [0, 0.1) is 6.92 Å². The van der Waals surface area contributed by atoms with E-state index in [1.54, 1.807) is 19.1 Å². The highest BCUT2D eigenvalue weighted by Crippen LogP contribution is 2.28. The van der Waals surface area contributed by atoms with Gasteiger partial charge in [-0.1, -0.05) is 6.92 Å². The van der Waals surface area contributed by atoms with Gasteiger partial charge in [0.2, 0.25) is 0 Å². The van der Waals surface area contributed by atoms with Crippen molar-refractivity contribution in [1.82, 2.24) is 5.32 Å². The summed E-state index contributed by atoms with van der Waals surface area (Å²) in [4.78, 5) is 33.7. The first kappa shape index (κ1) is 18.5. The molecule has 1 amide bonds. The maximum atomic E-state index is 11.7. The summed E-state index contributed by atoms with van der Waals surface area (Å²) in [5.41, 5.74) is 1.58. The van der Waals surface area contributed by atoms with Crippen LogP contribution in [0.5, 0.6) is 5.75 Å². The summed E-state index contributed by atoms with van der Waals surface area (Å²) in [6.07, 6.45) is 0.897. The van der Waals surface area contributed by atoms with Crippen LogP contribution in [-0.4, -0.2) is 25.0 Å². The average Bonchev–Trinajstić information content (AvgIpc) is 2.57. The lowest BCUT2D eigenvalue weighted by Gasteiger charge is -2.12. The Hall–Kier alpha value is -2.83. The van der Waals surface area contributed by atoms with Crippen molar-refractivity contribution >= 4 is 22.8 Å². The number of aryl methyl sites for hydroxylation is 2. The van der Waals surface area contributed by atoms with E-state index in [4.69, 9.17) is 9.15 Å². The third kappa shape index (κ3) is 4.82. The van der Waals surface area contributed by atoms with Gasteiger partial charge in [0.05, 0.1) is 0 Å². The third-order valence-corrected chi connectivity index (χ3v) is 3.82. The predicted octanol–water partition coefficient (Wildman–Crippen LogP) is 0.689. The molecular weight excluding hydrogens is 326 g/mol. The van der Waals surface area contributed by atoms with Crippen molar-refractivity contribution in [3.8, 4) is 5.75 Å². The molecular formula is C18H20NO6-. The second-order valence-corrected chi connectivity index (χ2v) is 5.62. The second-order valence-electron chi connectivity index (χ2n) is 5.62. The summed E-state index contributed by atoms with van der Waals surface area (Å²) in [7, 11) is 0. The molecule has 0 atom stereocenters. The van der Waals surface area contributed by atoms with E-state index in [1.165, 1.54) is 6.07 Å². The Morgan fingerprint density at radius 3 is 2.76 bits per heavy atom. The maximum absolute atomic E-state index is 11.7. The fourth-order valence-electron chi connectivity index (χ4n) is 2.51. The Kier molecular flexibility index (Phi) is 6.16. The van der Waals surface area contributed by atoms with Gasteiger partial charge >= 0.3 is 5.63 Å². The van der Waals surface area contributed by atoms with E-state index in [0.717, 1.165) is 10.9 Å². The van der Waals surface area contributed by atoms with Gasteiger partial charge in [0.15, 0.2) is 6.61 Å². The van der Waals surface area contributed by atoms with Gasteiger partial charge in [-0.2, -0.15) is 0 Å². The predicted molar refractivity (Wildman–Crippen MR) is 89.3 cm³/mol. The Labute approximate surface area is 144 Å². The number of benzene rings is 1. The Morgan fingerprint density at radius 1 is 1.32 bits per heavy atom. The van der Waals surface area contributed by atoms with E-state index in [9.17, 15) is 19.5 Å². The summed E-state index contributed by atoms with van der Waals surface area (Å²) in [6.45, 7) is 3.74. The topological polar surface area (TPSA) is 109 Å². The molecule has 1 heterocycles. The van der Waals surface area contributed by atoms with E-state index >= 15 is 0 Å². The molecule has 25 heavy (non-hydrogen) atoms. The number of carbonyl (C=O) groups is 2. The van der Waals surface area contributed by atoms with Crippen LogP contribution in [0.2, 0.25) is 0 Å². The van der Waals surface area contributed by atoms with Crippen molar-refractivity contribution in [3.05, 3.63) is 39.7 Å². The molecule has 0 spiro atoms. The van der Waals surface area contributed by atoms with Gasteiger partial charge in [0.1, 0.15) is 11.3 Å². The number of rotatable bonds is 8. The second kappa shape index (κ2) is 8.32. The maximum Gasteiger partial charge on any atom is 0.336 e. The molecule has 0 saturated carbocycles. The molecule has 7 heteroatoms. The van der Waals surface area contributed by atoms with Crippen LogP contribution in [0.3, 0.4) is 0 Å². The van der Waals surface area contributed by atoms with Crippen molar-refractivity contribution in [3.63, 3.8) is 0 Å². The van der Waals surface area contributed by atoms with Crippen molar-refractivity contribution in [2.75, 3.05) is 13.2 Å². The smallest absolute Gasteiger partial charge is 0.336 e. The third-order valence-electron chi connectivity index (χ3n) is 3.82. The van der Waals surface area contributed by atoms with Crippen LogP contribution in [-0.2, 0) is 16.0 Å². The zero-order valence-electron chi connectivity index (χ0n) is 14.2. The number of carboxylic acid groups (broad SMARTS) is 1. The first-order valence-electron chi connectivity index (χ1n) is 8.08. The molecule has 1 aromatic heterocycles. The number of carboxylic acids is 1. The van der Waals surface area contributed by atoms with Gasteiger partial charge in [0.25, 0.3) is 5.91 Å². The molecule has 0 fully saturated rings. The van der Waals surface area contributed by atoms with Crippen LogP contribution in [0.25, 0.3) is 11.0 Å². The van der Waals surface area contributed by atoms with Gasteiger partial charge in [-0.15, -0.1) is 0 Å². The van der Waals surface area contributed by atoms with E-state index in [1.807, 2.05) is 6.92 Å². The summed E-state index contributed by atoms with van der Waals surface area (Å²) in [6, 6.07) is 5.01. The molecule has 0 aliphatic rings. The molecule has 0 unspecified atom stereocenters. The Bertz CT molecular complexity index is 839. The molecule has 0 bridgehead atoms. The first-order chi connectivity index (χ1) is 11.9. The van der Waals surface area contributed by atoms with Gasteiger partial charge in [-0.3, -0.25) is 4.79 Å². The van der Waals surface area contributed by atoms with Crippen molar-refractivity contribution in [2.45, 2.75) is 33.1 Å². The Balaban J connectivity index is 2.04. The van der Waals surface area contributed by atoms with Crippen LogP contribution in [0.15, 0.2) is 27.4 Å². The van der Waals surface area contributed by atoms with E-state index < -0.39 is 11.6 Å². The zero-order valence-corrected chi connectivity index (χ0v) is 14.2. The minimum atomic E-state index is -1.15. The van der Waals surface area contributed by atoms with Crippen LogP contribution in [0.1, 0.15) is 30.9 Å². The number of nitrogens with one attached hydrogen (secondary N) is 1. The lowest BCUT2D eigenvalue weighted by atomic mass is 10.0. The van der Waals surface area contributed by atoms with Gasteiger partial charge < -0.3 is 24.4 Å². The van der Waals surface area contributed by atoms with Crippen molar-refractivity contribution in [1.29, 1.82) is 0 Å². The quantitative estimate of drug-likeness (QED) is 0.556. The molecule has 7 nitrogen and oxygen atoms in total. The lowest BCUT2D eigenvalue weighted by Crippen LogP contribution is -2.31. The highest BCUT2D eigenvalue weighted by molar-refractivity contribution is 5.85. The summed E-state index contributed by atoms with van der Waals surface area (Å²) in [5, 5.41) is 13.7. The fraction of sp³-hybridized carbons (Fsp3) is 0.389. The van der Waals surface area contributed by atoms with E-state index in [0.29, 0.717) is 29.7 Å². The molecule has 0 radical (unpaired) electrons. The van der Waals surface area contributed by atoms with E-state index in [-0.39, 0.29) is 25.5 Å². The summed E-state index contributed by atoms with van der Waals surface area (Å²) >= 11 is 0. The molecule has 2 rings (SSSR count). The average molecular weight is 346 g/mol. The molecule has 1 aromatic carbocycles. The number of amides is 1. The molecule has 1 N–H and O–H groups in total. The summed E-state index contributed by atoms with van der Waals surface area (Å²) in [5.74, 6) is -1.05. The minimum absolute atomic E-state index is 0.107. The Morgan fingerprint density at radius 2 is 2.08 bits per heavy atom. The fourth-order valence-corrected chi connectivity index (χ4v) is 2.51. The van der Waals surface area contributed by atoms with Crippen molar-refractivity contribution in [2.24, 2.45) is 0 Å². The van der Waals surface area contributed by atoms with Crippen molar-refractivity contribution < 1.29 is 23.8 Å². The zero-order chi connectivity index (χ0) is 18.4. The molecule has 134 valence electrons. The number of fused-ring (bicyclic) bond motifs is 1. The van der Waals surface area contributed by atoms with Gasteiger partial charge in [-0.25, -0.2) is 4.79 Å². The lowest BCUT2D eigenvalue weighted by molar-refractivity contribution is -0.305. The van der Waals surface area contributed by atoms with Crippen LogP contribution < -0.4 is 20.8 Å². The number of ether oxygens (including phenoxy) is 1. The SMILES string of the molecule is CCc1cc(=O)oc2c(C)c(OCC(=O)NCCCC(=O)[O-])ccc12. The largest absolute Gasteiger partial charge is 0.550 e. The normalized spacial score (nSPS) is 10.6. The monoisotopic (exact) mass is 346 g/mol. The van der Waals surface area contributed by atoms with Crippen LogP contribution >= 0.6 is 0 Å². The minimum Gasteiger partial charge on any atom is -0.550 e. The molecule has 0 aliphatic carbocycles. The molecule has 0 aliphatic heterocycles. The van der Waals surface area contributed by atoms with E-state index in [2.05, 4.69) is 5.32 Å². The molecule has 2 aromatic rings. The first-order valence-corrected chi connectivity index (χ1v) is 8.08. The number of carbonyl (C=O) groups excluding carboxylic acids is 2. The van der Waals surface area contributed by atoms with Gasteiger partial charge in [-0.05, 0) is 43.9 Å². The highest BCUT2D eigenvalue weighted by atomic mass is 16.5. The molecule has 0 saturated heterocycles.